The molecule has 0 aliphatic carbocycles. The molecule has 0 aliphatic rings. The van der Waals surface area contributed by atoms with Gasteiger partial charge in [0.2, 0.25) is 0 Å². The van der Waals surface area contributed by atoms with Crippen molar-refractivity contribution >= 4 is 27.3 Å². The van der Waals surface area contributed by atoms with Crippen molar-refractivity contribution in [3.63, 3.8) is 0 Å². The molecule has 2 aromatic carbocycles. The smallest absolute Gasteiger partial charge is 0.123 e. The number of anilines is 2. The van der Waals surface area contributed by atoms with Gasteiger partial charge in [0.05, 0.1) is 5.69 Å². The lowest BCUT2D eigenvalue weighted by Gasteiger charge is -2.22. The number of hydrogen-bond donors (Lipinski definition) is 1. The Morgan fingerprint density at radius 2 is 1.86 bits per heavy atom. The second kappa shape index (κ2) is 7.05. The van der Waals surface area contributed by atoms with Crippen LogP contribution in [0, 0.1) is 5.82 Å². The van der Waals surface area contributed by atoms with Crippen molar-refractivity contribution < 1.29 is 4.39 Å². The molecular weight excluding hydrogens is 331 g/mol. The number of rotatable bonds is 5. The Morgan fingerprint density at radius 1 is 1.19 bits per heavy atom. The lowest BCUT2D eigenvalue weighted by atomic mass is 10.0. The Hall–Kier alpha value is -1.39. The molecule has 0 spiro atoms. The van der Waals surface area contributed by atoms with E-state index in [1.54, 1.807) is 12.1 Å². The van der Waals surface area contributed by atoms with E-state index in [2.05, 4.69) is 41.1 Å². The van der Waals surface area contributed by atoms with Crippen LogP contribution in [0.2, 0.25) is 0 Å². The maximum atomic E-state index is 13.0. The zero-order valence-electron chi connectivity index (χ0n) is 12.3. The molecule has 2 aromatic rings. The van der Waals surface area contributed by atoms with E-state index in [-0.39, 0.29) is 11.9 Å². The van der Waals surface area contributed by atoms with Crippen LogP contribution in [0.15, 0.2) is 46.9 Å². The monoisotopic (exact) mass is 350 g/mol. The molecule has 0 bridgehead atoms. The highest BCUT2D eigenvalue weighted by molar-refractivity contribution is 9.10. The summed E-state index contributed by atoms with van der Waals surface area (Å²) in [7, 11) is 1.96. The third-order valence-electron chi connectivity index (χ3n) is 3.61. The number of halogens is 2. The predicted molar refractivity (Wildman–Crippen MR) is 90.6 cm³/mol. The fourth-order valence-electron chi connectivity index (χ4n) is 2.20. The summed E-state index contributed by atoms with van der Waals surface area (Å²) in [6.07, 6.45) is 1.84. The summed E-state index contributed by atoms with van der Waals surface area (Å²) >= 11 is 3.61. The minimum atomic E-state index is -0.227. The molecule has 0 aromatic heterocycles. The first kappa shape index (κ1) is 16.0. The van der Waals surface area contributed by atoms with Crippen molar-refractivity contribution in [2.45, 2.75) is 25.8 Å². The quantitative estimate of drug-likeness (QED) is 0.851. The van der Waals surface area contributed by atoms with Gasteiger partial charge in [0.25, 0.3) is 0 Å². The molecule has 2 nitrogen and oxygen atoms in total. The normalized spacial score (nSPS) is 12.2. The summed E-state index contributed by atoms with van der Waals surface area (Å²) in [5, 5.41) is 0. The first-order valence-electron chi connectivity index (χ1n) is 7.04. The molecule has 1 atom stereocenters. The van der Waals surface area contributed by atoms with Crippen molar-refractivity contribution in [2.75, 3.05) is 11.9 Å². The molecule has 2 rings (SSSR count). The predicted octanol–water partition coefficient (Wildman–Crippen LogP) is 4.64. The van der Waals surface area contributed by atoms with Gasteiger partial charge in [-0.15, -0.1) is 0 Å². The van der Waals surface area contributed by atoms with Gasteiger partial charge in [0.1, 0.15) is 5.82 Å². The fourth-order valence-corrected chi connectivity index (χ4v) is 2.89. The Kier molecular flexibility index (Phi) is 5.37. The Bertz CT molecular complexity index is 598. The third-order valence-corrected chi connectivity index (χ3v) is 4.24. The van der Waals surface area contributed by atoms with Gasteiger partial charge < -0.3 is 10.6 Å². The number of nitrogens with two attached hydrogens (primary N) is 1. The van der Waals surface area contributed by atoms with Gasteiger partial charge in [-0.3, -0.25) is 0 Å². The van der Waals surface area contributed by atoms with Gasteiger partial charge in [-0.05, 0) is 70.7 Å². The van der Waals surface area contributed by atoms with Gasteiger partial charge in [-0.25, -0.2) is 4.39 Å². The number of benzene rings is 2. The SMILES string of the molecule is CCC(N)Cc1ccc(N(C)c2ccc(F)cc2)c(Br)c1. The Balaban J connectivity index is 2.22. The summed E-state index contributed by atoms with van der Waals surface area (Å²) in [4.78, 5) is 2.02. The van der Waals surface area contributed by atoms with Crippen LogP contribution in [-0.2, 0) is 6.42 Å². The van der Waals surface area contributed by atoms with Gasteiger partial charge in [-0.2, -0.15) is 0 Å². The summed E-state index contributed by atoms with van der Waals surface area (Å²) in [6, 6.07) is 12.9. The molecule has 0 saturated carbocycles. The Morgan fingerprint density at radius 3 is 2.43 bits per heavy atom. The number of hydrogen-bond acceptors (Lipinski definition) is 2. The first-order chi connectivity index (χ1) is 10.0. The van der Waals surface area contributed by atoms with Crippen LogP contribution >= 0.6 is 15.9 Å². The molecule has 0 fully saturated rings. The zero-order chi connectivity index (χ0) is 15.4. The van der Waals surface area contributed by atoms with Crippen molar-refractivity contribution in [1.29, 1.82) is 0 Å². The van der Waals surface area contributed by atoms with E-state index in [4.69, 9.17) is 5.73 Å². The molecule has 0 heterocycles. The molecule has 0 aliphatic heterocycles. The second-order valence-electron chi connectivity index (χ2n) is 5.19. The van der Waals surface area contributed by atoms with Crippen LogP contribution in [0.4, 0.5) is 15.8 Å². The maximum absolute atomic E-state index is 13.0. The van der Waals surface area contributed by atoms with Crippen molar-refractivity contribution in [3.05, 3.63) is 58.3 Å². The van der Waals surface area contributed by atoms with Crippen LogP contribution in [0.25, 0.3) is 0 Å². The highest BCUT2D eigenvalue weighted by atomic mass is 79.9. The molecule has 0 amide bonds. The third kappa shape index (κ3) is 4.05. The van der Waals surface area contributed by atoms with Gasteiger partial charge >= 0.3 is 0 Å². The molecule has 4 heteroatoms. The molecule has 0 saturated heterocycles. The lowest BCUT2D eigenvalue weighted by molar-refractivity contribution is 0.628. The molecular formula is C17H20BrFN2. The Labute approximate surface area is 133 Å². The van der Waals surface area contributed by atoms with Crippen LogP contribution in [0.1, 0.15) is 18.9 Å². The lowest BCUT2D eigenvalue weighted by Crippen LogP contribution is -2.21. The second-order valence-corrected chi connectivity index (χ2v) is 6.05. The van der Waals surface area contributed by atoms with Gasteiger partial charge in [0, 0.05) is 23.2 Å². The van der Waals surface area contributed by atoms with E-state index in [1.165, 1.54) is 17.7 Å². The number of nitrogens with zero attached hydrogens (tertiary/aromatic N) is 1. The standard InChI is InChI=1S/C17H20BrFN2/c1-3-14(20)10-12-4-9-17(16(18)11-12)21(2)15-7-5-13(19)6-8-15/h4-9,11,14H,3,10,20H2,1-2H3. The summed E-state index contributed by atoms with van der Waals surface area (Å²) in [5.41, 5.74) is 9.19. The van der Waals surface area contributed by atoms with Crippen molar-refractivity contribution in [1.82, 2.24) is 0 Å². The van der Waals surface area contributed by atoms with Crippen molar-refractivity contribution in [3.8, 4) is 0 Å². The van der Waals surface area contributed by atoms with E-state index in [9.17, 15) is 4.39 Å². The van der Waals surface area contributed by atoms with E-state index in [1.807, 2.05) is 11.9 Å². The topological polar surface area (TPSA) is 29.3 Å². The summed E-state index contributed by atoms with van der Waals surface area (Å²) in [5.74, 6) is -0.227. The van der Waals surface area contributed by atoms with Crippen LogP contribution in [0.5, 0.6) is 0 Å². The average Bonchev–Trinajstić information content (AvgIpc) is 2.47. The fraction of sp³-hybridized carbons (Fsp3) is 0.294. The highest BCUT2D eigenvalue weighted by Gasteiger charge is 2.10. The summed E-state index contributed by atoms with van der Waals surface area (Å²) < 4.78 is 14.0. The minimum absolute atomic E-state index is 0.192. The average molecular weight is 351 g/mol. The van der Waals surface area contributed by atoms with E-state index in [0.717, 1.165) is 28.7 Å². The molecule has 112 valence electrons. The minimum Gasteiger partial charge on any atom is -0.344 e. The van der Waals surface area contributed by atoms with Crippen LogP contribution in [-0.4, -0.2) is 13.1 Å². The van der Waals surface area contributed by atoms with Crippen LogP contribution in [0.3, 0.4) is 0 Å². The van der Waals surface area contributed by atoms with E-state index < -0.39 is 0 Å². The van der Waals surface area contributed by atoms with E-state index in [0.29, 0.717) is 0 Å². The maximum Gasteiger partial charge on any atom is 0.123 e. The van der Waals surface area contributed by atoms with Gasteiger partial charge in [0.15, 0.2) is 0 Å². The zero-order valence-corrected chi connectivity index (χ0v) is 13.9. The highest BCUT2D eigenvalue weighted by Crippen LogP contribution is 2.32. The molecule has 0 radical (unpaired) electrons. The van der Waals surface area contributed by atoms with Crippen LogP contribution < -0.4 is 10.6 Å². The molecule has 21 heavy (non-hydrogen) atoms. The van der Waals surface area contributed by atoms with Gasteiger partial charge in [-0.1, -0.05) is 13.0 Å². The molecule has 1 unspecified atom stereocenters. The van der Waals surface area contributed by atoms with Crippen molar-refractivity contribution in [2.24, 2.45) is 5.73 Å². The first-order valence-corrected chi connectivity index (χ1v) is 7.84. The van der Waals surface area contributed by atoms with E-state index >= 15 is 0 Å². The molecule has 2 N–H and O–H groups in total. The largest absolute Gasteiger partial charge is 0.344 e. The summed E-state index contributed by atoms with van der Waals surface area (Å²) in [6.45, 7) is 2.09.